The Morgan fingerprint density at radius 1 is 1.27 bits per heavy atom. The Hall–Kier alpha value is -0.860. The highest BCUT2D eigenvalue weighted by atomic mass is 16.5. The van der Waals surface area contributed by atoms with Crippen LogP contribution in [-0.2, 0) is 11.2 Å². The maximum Gasteiger partial charge on any atom is 0.0700 e. The second-order valence-electron chi connectivity index (χ2n) is 4.07. The van der Waals surface area contributed by atoms with E-state index in [2.05, 4.69) is 35.6 Å². The zero-order valence-electron chi connectivity index (χ0n) is 9.11. The molecule has 2 nitrogen and oxygen atoms in total. The van der Waals surface area contributed by atoms with E-state index < -0.39 is 0 Å². The number of ether oxygens (including phenoxy) is 1. The third-order valence-electron chi connectivity index (χ3n) is 2.84. The molecule has 1 aliphatic rings. The van der Waals surface area contributed by atoms with Gasteiger partial charge in [-0.1, -0.05) is 30.3 Å². The van der Waals surface area contributed by atoms with Gasteiger partial charge in [0.1, 0.15) is 0 Å². The second kappa shape index (κ2) is 5.89. The minimum Gasteiger partial charge on any atom is -0.377 e. The molecule has 82 valence electrons. The lowest BCUT2D eigenvalue weighted by Gasteiger charge is -2.23. The molecular weight excluding hydrogens is 186 g/mol. The Morgan fingerprint density at radius 2 is 2.13 bits per heavy atom. The number of piperidine rings is 1. The molecule has 2 heteroatoms. The van der Waals surface area contributed by atoms with E-state index in [1.54, 1.807) is 0 Å². The Balaban J connectivity index is 1.66. The third kappa shape index (κ3) is 3.65. The Kier molecular flexibility index (Phi) is 4.18. The molecular formula is C13H19NO. The minimum atomic E-state index is 0.433. The van der Waals surface area contributed by atoms with Gasteiger partial charge in [-0.05, 0) is 31.4 Å². The number of hydrogen-bond donors (Lipinski definition) is 1. The van der Waals surface area contributed by atoms with Gasteiger partial charge in [0.25, 0.3) is 0 Å². The van der Waals surface area contributed by atoms with Crippen molar-refractivity contribution in [2.45, 2.75) is 25.4 Å². The molecule has 0 bridgehead atoms. The summed E-state index contributed by atoms with van der Waals surface area (Å²) in [5, 5.41) is 3.36. The van der Waals surface area contributed by atoms with Crippen molar-refractivity contribution < 1.29 is 4.74 Å². The van der Waals surface area contributed by atoms with Gasteiger partial charge in [-0.25, -0.2) is 0 Å². The first-order valence-corrected chi connectivity index (χ1v) is 5.81. The number of benzene rings is 1. The smallest absolute Gasteiger partial charge is 0.0700 e. The van der Waals surface area contributed by atoms with E-state index in [0.29, 0.717) is 6.10 Å². The summed E-state index contributed by atoms with van der Waals surface area (Å²) in [5.41, 5.74) is 1.36. The molecule has 1 atom stereocenters. The first-order valence-electron chi connectivity index (χ1n) is 5.81. The number of hydrogen-bond acceptors (Lipinski definition) is 2. The van der Waals surface area contributed by atoms with Crippen LogP contribution in [0.1, 0.15) is 18.4 Å². The predicted octanol–water partition coefficient (Wildman–Crippen LogP) is 2.00. The zero-order valence-corrected chi connectivity index (χ0v) is 9.11. The van der Waals surface area contributed by atoms with E-state index in [0.717, 1.165) is 26.1 Å². The molecule has 1 saturated heterocycles. The molecule has 1 unspecified atom stereocenters. The van der Waals surface area contributed by atoms with Gasteiger partial charge in [-0.3, -0.25) is 0 Å². The topological polar surface area (TPSA) is 21.3 Å². The van der Waals surface area contributed by atoms with E-state index >= 15 is 0 Å². The molecule has 0 aromatic heterocycles. The van der Waals surface area contributed by atoms with Crippen molar-refractivity contribution in [3.8, 4) is 0 Å². The van der Waals surface area contributed by atoms with Crippen LogP contribution in [-0.4, -0.2) is 25.8 Å². The summed E-state index contributed by atoms with van der Waals surface area (Å²) in [6.07, 6.45) is 3.91. The van der Waals surface area contributed by atoms with Crippen LogP contribution in [0.3, 0.4) is 0 Å². The molecule has 1 aromatic rings. The van der Waals surface area contributed by atoms with Gasteiger partial charge in [0.2, 0.25) is 0 Å². The SMILES string of the molecule is c1ccc(CCOC2CCCNC2)cc1. The molecule has 1 aromatic carbocycles. The lowest BCUT2D eigenvalue weighted by Crippen LogP contribution is -2.35. The van der Waals surface area contributed by atoms with Gasteiger partial charge < -0.3 is 10.1 Å². The van der Waals surface area contributed by atoms with Crippen molar-refractivity contribution in [3.63, 3.8) is 0 Å². The summed E-state index contributed by atoms with van der Waals surface area (Å²) in [7, 11) is 0. The first-order chi connectivity index (χ1) is 7.45. The second-order valence-corrected chi connectivity index (χ2v) is 4.07. The van der Waals surface area contributed by atoms with Crippen LogP contribution in [0.5, 0.6) is 0 Å². The summed E-state index contributed by atoms with van der Waals surface area (Å²) in [5.74, 6) is 0. The van der Waals surface area contributed by atoms with Crippen molar-refractivity contribution in [2.24, 2.45) is 0 Å². The van der Waals surface area contributed by atoms with E-state index in [1.807, 2.05) is 0 Å². The molecule has 0 radical (unpaired) electrons. The standard InChI is InChI=1S/C13H19NO/c1-2-5-12(6-3-1)8-10-15-13-7-4-9-14-11-13/h1-3,5-6,13-14H,4,7-11H2. The maximum atomic E-state index is 5.82. The lowest BCUT2D eigenvalue weighted by molar-refractivity contribution is 0.0390. The zero-order chi connectivity index (χ0) is 10.3. The van der Waals surface area contributed by atoms with Gasteiger partial charge >= 0.3 is 0 Å². The van der Waals surface area contributed by atoms with Crippen molar-refractivity contribution in [3.05, 3.63) is 35.9 Å². The van der Waals surface area contributed by atoms with E-state index in [1.165, 1.54) is 18.4 Å². The molecule has 1 heterocycles. The predicted molar refractivity (Wildman–Crippen MR) is 62.0 cm³/mol. The molecule has 0 saturated carbocycles. The average Bonchev–Trinajstić information content (AvgIpc) is 2.32. The summed E-state index contributed by atoms with van der Waals surface area (Å²) in [4.78, 5) is 0. The fourth-order valence-corrected chi connectivity index (χ4v) is 1.95. The van der Waals surface area contributed by atoms with Crippen LogP contribution in [0.2, 0.25) is 0 Å². The van der Waals surface area contributed by atoms with E-state index in [-0.39, 0.29) is 0 Å². The quantitative estimate of drug-likeness (QED) is 0.811. The van der Waals surface area contributed by atoms with E-state index in [4.69, 9.17) is 4.74 Å². The molecule has 0 aliphatic carbocycles. The Morgan fingerprint density at radius 3 is 2.87 bits per heavy atom. The van der Waals surface area contributed by atoms with Crippen LogP contribution in [0.4, 0.5) is 0 Å². The third-order valence-corrected chi connectivity index (χ3v) is 2.84. The lowest BCUT2D eigenvalue weighted by atomic mass is 10.1. The van der Waals surface area contributed by atoms with Gasteiger partial charge in [0, 0.05) is 6.54 Å². The van der Waals surface area contributed by atoms with Crippen molar-refractivity contribution in [1.29, 1.82) is 0 Å². The van der Waals surface area contributed by atoms with Crippen LogP contribution in [0.15, 0.2) is 30.3 Å². The van der Waals surface area contributed by atoms with Crippen LogP contribution in [0, 0.1) is 0 Å². The minimum absolute atomic E-state index is 0.433. The highest BCUT2D eigenvalue weighted by molar-refractivity contribution is 5.14. The summed E-state index contributed by atoms with van der Waals surface area (Å²) >= 11 is 0. The Bertz CT molecular complexity index is 267. The molecule has 1 aliphatic heterocycles. The summed E-state index contributed by atoms with van der Waals surface area (Å²) in [6, 6.07) is 10.5. The van der Waals surface area contributed by atoms with Crippen molar-refractivity contribution in [2.75, 3.05) is 19.7 Å². The van der Waals surface area contributed by atoms with Crippen LogP contribution in [0.25, 0.3) is 0 Å². The first kappa shape index (κ1) is 10.7. The number of rotatable bonds is 4. The van der Waals surface area contributed by atoms with Gasteiger partial charge in [0.15, 0.2) is 0 Å². The molecule has 1 fully saturated rings. The Labute approximate surface area is 91.6 Å². The monoisotopic (exact) mass is 205 g/mol. The molecule has 2 rings (SSSR count). The van der Waals surface area contributed by atoms with Gasteiger partial charge in [0.05, 0.1) is 12.7 Å². The molecule has 1 N–H and O–H groups in total. The highest BCUT2D eigenvalue weighted by Crippen LogP contribution is 2.07. The number of nitrogens with one attached hydrogen (secondary N) is 1. The largest absolute Gasteiger partial charge is 0.377 e. The summed E-state index contributed by atoms with van der Waals surface area (Å²) in [6.45, 7) is 3.02. The van der Waals surface area contributed by atoms with Gasteiger partial charge in [-0.2, -0.15) is 0 Å². The molecule has 15 heavy (non-hydrogen) atoms. The van der Waals surface area contributed by atoms with Crippen molar-refractivity contribution >= 4 is 0 Å². The van der Waals surface area contributed by atoms with Gasteiger partial charge in [-0.15, -0.1) is 0 Å². The molecule has 0 spiro atoms. The summed E-state index contributed by atoms with van der Waals surface area (Å²) < 4.78 is 5.82. The molecule has 0 amide bonds. The highest BCUT2D eigenvalue weighted by Gasteiger charge is 2.12. The average molecular weight is 205 g/mol. The van der Waals surface area contributed by atoms with E-state index in [9.17, 15) is 0 Å². The maximum absolute atomic E-state index is 5.82. The fraction of sp³-hybridized carbons (Fsp3) is 0.538. The van der Waals surface area contributed by atoms with Crippen LogP contribution >= 0.6 is 0 Å². The van der Waals surface area contributed by atoms with Crippen molar-refractivity contribution in [1.82, 2.24) is 5.32 Å². The fourth-order valence-electron chi connectivity index (χ4n) is 1.95. The normalized spacial score (nSPS) is 21.5. The van der Waals surface area contributed by atoms with Crippen LogP contribution < -0.4 is 5.32 Å².